The summed E-state index contributed by atoms with van der Waals surface area (Å²) in [6.07, 6.45) is 0. The molecule has 5 nitrogen and oxygen atoms in total. The Balaban J connectivity index is 0.000000598. The quantitative estimate of drug-likeness (QED) is 0.177. The Morgan fingerprint density at radius 3 is 1.09 bits per heavy atom. The number of ketones is 1. The Bertz CT molecular complexity index is 2470. The molecule has 0 saturated carbocycles. The number of nitrogens with zero attached hydrogens (tertiary/aromatic N) is 2. The SMILES string of the molecule is CC1(C)c2ccccc2N(c2ccc3c(c2)C(C)(C)c2cc(N4c5ccccc5C(C)(C)c5ccccc54)ccc2S3(=O)=O)c2ccccc21.[2H]C([2H])([3H])C(C)=O. The molecule has 0 radical (unpaired) electrons. The topological polar surface area (TPSA) is 57.7 Å². The number of Topliss-reactive ketones (excluding diaryl/α,β-unsaturated/α-hetero) is 1. The van der Waals surface area contributed by atoms with Gasteiger partial charge in [-0.05, 0) is 108 Å². The van der Waals surface area contributed by atoms with Crippen LogP contribution in [0.4, 0.5) is 34.1 Å². The zero-order chi connectivity index (χ0) is 40.9. The van der Waals surface area contributed by atoms with E-state index in [1.165, 1.54) is 22.3 Å². The highest BCUT2D eigenvalue weighted by Gasteiger charge is 2.44. The second-order valence-electron chi connectivity index (χ2n) is 16.0. The van der Waals surface area contributed by atoms with E-state index in [1.807, 2.05) is 24.3 Å². The molecule has 0 saturated heterocycles. The fraction of sp³-hybridized carbons (Fsp3) is 0.229. The average Bonchev–Trinajstić information content (AvgIpc) is 3.17. The Kier molecular flexibility index (Phi) is 7.28. The highest BCUT2D eigenvalue weighted by molar-refractivity contribution is 7.91. The van der Waals surface area contributed by atoms with Crippen LogP contribution in [0.25, 0.3) is 0 Å². The standard InChI is InChI=1S/C45H40N2O2S.C3H6O/c1-43(2)31-15-7-11-19-37(31)46(38-20-12-8-16-32(38)43)29-23-25-41-35(27-29)45(5,6)36-28-30(24-26-42(36)50(41,48)49)47-39-21-13-9-17-33(39)44(3,4)34-18-10-14-22-40(34)47;1-3(2)4/h7-28H,1-6H3;1-2H3/i;1TD2. The first kappa shape index (κ1) is 32.0. The summed E-state index contributed by atoms with van der Waals surface area (Å²) < 4.78 is 48.1. The van der Waals surface area contributed by atoms with E-state index in [-0.39, 0.29) is 10.8 Å². The van der Waals surface area contributed by atoms with Gasteiger partial charge in [0.2, 0.25) is 9.84 Å². The summed E-state index contributed by atoms with van der Waals surface area (Å²) in [5, 5.41) is 0. The molecular formula is C48H46N2O3S. The lowest BCUT2D eigenvalue weighted by Crippen LogP contribution is -2.33. The number of hydrogen-bond acceptors (Lipinski definition) is 5. The van der Waals surface area contributed by atoms with Crippen LogP contribution in [-0.2, 0) is 30.9 Å². The van der Waals surface area contributed by atoms with Crippen molar-refractivity contribution in [3.8, 4) is 0 Å². The van der Waals surface area contributed by atoms with E-state index < -0.39 is 27.9 Å². The Morgan fingerprint density at radius 2 is 0.796 bits per heavy atom. The largest absolute Gasteiger partial charge is 0.310 e. The van der Waals surface area contributed by atoms with Gasteiger partial charge in [0.05, 0.1) is 32.5 Å². The van der Waals surface area contributed by atoms with Crippen molar-refractivity contribution in [1.29, 1.82) is 0 Å². The molecule has 0 unspecified atom stereocenters. The zero-order valence-electron chi connectivity index (χ0n) is 34.7. The Morgan fingerprint density at radius 1 is 0.519 bits per heavy atom. The van der Waals surface area contributed by atoms with Gasteiger partial charge >= 0.3 is 0 Å². The molecule has 3 aliphatic heterocycles. The number of benzene rings is 6. The van der Waals surface area contributed by atoms with Crippen molar-refractivity contribution in [2.24, 2.45) is 0 Å². The van der Waals surface area contributed by atoms with Crippen LogP contribution in [0.2, 0.25) is 0 Å². The van der Waals surface area contributed by atoms with Crippen LogP contribution in [0, 0.1) is 0 Å². The van der Waals surface area contributed by atoms with Gasteiger partial charge in [0, 0.05) is 31.7 Å². The van der Waals surface area contributed by atoms with Crippen LogP contribution >= 0.6 is 0 Å². The maximum Gasteiger partial charge on any atom is 0.207 e. The zero-order valence-corrected chi connectivity index (χ0v) is 32.5. The molecule has 0 fully saturated rings. The molecule has 6 heteroatoms. The van der Waals surface area contributed by atoms with Gasteiger partial charge in [-0.3, -0.25) is 0 Å². The summed E-state index contributed by atoms with van der Waals surface area (Å²) >= 11 is 0. The monoisotopic (exact) mass is 734 g/mol. The molecule has 3 heterocycles. The molecule has 0 bridgehead atoms. The predicted octanol–water partition coefficient (Wildman–Crippen LogP) is 12.0. The number of para-hydroxylation sites is 4. The molecule has 54 heavy (non-hydrogen) atoms. The van der Waals surface area contributed by atoms with Gasteiger partial charge < -0.3 is 14.6 Å². The third-order valence-electron chi connectivity index (χ3n) is 11.6. The Labute approximate surface area is 324 Å². The average molecular weight is 735 g/mol. The van der Waals surface area contributed by atoms with E-state index >= 15 is 0 Å². The van der Waals surface area contributed by atoms with Gasteiger partial charge in [-0.1, -0.05) is 114 Å². The molecule has 0 spiro atoms. The number of fused-ring (bicyclic) bond motifs is 6. The number of anilines is 6. The summed E-state index contributed by atoms with van der Waals surface area (Å²) in [7, 11) is -3.78. The molecule has 0 N–H and O–H groups in total. The van der Waals surface area contributed by atoms with Gasteiger partial charge in [0.15, 0.2) is 0 Å². The number of carbonyl (C=O) groups is 1. The molecule has 0 aliphatic carbocycles. The molecule has 3 aliphatic rings. The minimum absolute atomic E-state index is 0.184. The van der Waals surface area contributed by atoms with E-state index in [1.54, 1.807) is 0 Å². The second-order valence-corrected chi connectivity index (χ2v) is 17.9. The van der Waals surface area contributed by atoms with E-state index in [0.717, 1.165) is 52.2 Å². The summed E-state index contributed by atoms with van der Waals surface area (Å²) in [4.78, 5) is 15.3. The van der Waals surface area contributed by atoms with Crippen molar-refractivity contribution >= 4 is 49.7 Å². The van der Waals surface area contributed by atoms with E-state index in [4.69, 9.17) is 4.11 Å². The highest BCUT2D eigenvalue weighted by atomic mass is 32.2. The van der Waals surface area contributed by atoms with Crippen LogP contribution in [0.15, 0.2) is 143 Å². The minimum Gasteiger partial charge on any atom is -0.310 e. The molecule has 0 amide bonds. The van der Waals surface area contributed by atoms with Crippen LogP contribution in [-0.4, -0.2) is 14.2 Å². The molecule has 6 aromatic carbocycles. The van der Waals surface area contributed by atoms with Crippen LogP contribution in [0.5, 0.6) is 0 Å². The first-order valence-electron chi connectivity index (χ1n) is 19.8. The lowest BCUT2D eigenvalue weighted by molar-refractivity contribution is -0.115. The number of rotatable bonds is 2. The first-order valence-corrected chi connectivity index (χ1v) is 19.8. The number of hydrogen-bond donors (Lipinski definition) is 0. The van der Waals surface area contributed by atoms with Gasteiger partial charge in [0.25, 0.3) is 0 Å². The van der Waals surface area contributed by atoms with Crippen molar-refractivity contribution in [2.75, 3.05) is 9.80 Å². The van der Waals surface area contributed by atoms with Crippen molar-refractivity contribution in [3.05, 3.63) is 167 Å². The predicted molar refractivity (Wildman–Crippen MR) is 220 cm³/mol. The van der Waals surface area contributed by atoms with Gasteiger partial charge in [-0.25, -0.2) is 8.42 Å². The third kappa shape index (κ3) is 5.18. The second kappa shape index (κ2) is 12.3. The fourth-order valence-corrected chi connectivity index (χ4v) is 10.9. The molecular weight excluding hydrogens is 685 g/mol. The van der Waals surface area contributed by atoms with Crippen LogP contribution < -0.4 is 9.80 Å². The van der Waals surface area contributed by atoms with Gasteiger partial charge in [0.1, 0.15) is 5.78 Å². The summed E-state index contributed by atoms with van der Waals surface area (Å²) in [6.45, 7) is 12.1. The number of sulfone groups is 1. The van der Waals surface area contributed by atoms with Crippen molar-refractivity contribution < 1.29 is 17.3 Å². The van der Waals surface area contributed by atoms with Gasteiger partial charge in [-0.2, -0.15) is 0 Å². The molecule has 6 aromatic rings. The lowest BCUT2D eigenvalue weighted by atomic mass is 9.73. The van der Waals surface area contributed by atoms with E-state index in [2.05, 4.69) is 161 Å². The van der Waals surface area contributed by atoms with Gasteiger partial charge in [-0.15, -0.1) is 0 Å². The highest BCUT2D eigenvalue weighted by Crippen LogP contribution is 2.56. The first-order chi connectivity index (χ1) is 26.8. The van der Waals surface area contributed by atoms with Crippen molar-refractivity contribution in [2.45, 2.75) is 81.4 Å². The summed E-state index contributed by atoms with van der Waals surface area (Å²) in [5.74, 6) is -0.757. The third-order valence-corrected chi connectivity index (χ3v) is 13.5. The van der Waals surface area contributed by atoms with E-state index in [0.29, 0.717) is 9.79 Å². The smallest absolute Gasteiger partial charge is 0.207 e. The molecule has 9 rings (SSSR count). The van der Waals surface area contributed by atoms with Crippen molar-refractivity contribution in [3.63, 3.8) is 0 Å². The summed E-state index contributed by atoms with van der Waals surface area (Å²) in [6, 6.07) is 46.1. The molecule has 0 atom stereocenters. The minimum atomic E-state index is -3.78. The van der Waals surface area contributed by atoms with E-state index in [9.17, 15) is 13.2 Å². The normalized spacial score (nSPS) is 18.3. The lowest BCUT2D eigenvalue weighted by Gasteiger charge is -2.43. The maximum atomic E-state index is 14.5. The maximum absolute atomic E-state index is 14.5. The summed E-state index contributed by atoms with van der Waals surface area (Å²) in [5.41, 5.74) is 11.9. The fourth-order valence-electron chi connectivity index (χ4n) is 8.92. The van der Waals surface area contributed by atoms with Crippen LogP contribution in [0.1, 0.15) is 92.8 Å². The number of carbonyl (C=O) groups excluding carboxylic acids is 1. The molecule has 0 aromatic heterocycles. The van der Waals surface area contributed by atoms with Crippen LogP contribution in [0.3, 0.4) is 0 Å². The van der Waals surface area contributed by atoms with Crippen molar-refractivity contribution in [1.82, 2.24) is 0 Å². The molecule has 272 valence electrons. The Hall–Kier alpha value is -5.46.